The minimum Gasteiger partial charge on any atom is -0.378 e. The first-order chi connectivity index (χ1) is 14.7. The lowest BCUT2D eigenvalue weighted by Gasteiger charge is -2.07. The highest BCUT2D eigenvalue weighted by Gasteiger charge is 2.16. The highest BCUT2D eigenvalue weighted by molar-refractivity contribution is 7.00. The number of imidazole rings is 1. The highest BCUT2D eigenvalue weighted by Crippen LogP contribution is 2.31. The molecule has 0 saturated heterocycles. The maximum atomic E-state index is 4.92. The summed E-state index contributed by atoms with van der Waals surface area (Å²) in [5.41, 5.74) is 8.67. The van der Waals surface area contributed by atoms with E-state index in [0.717, 1.165) is 50.9 Å². The zero-order chi connectivity index (χ0) is 20.5. The van der Waals surface area contributed by atoms with Crippen LogP contribution in [0, 0.1) is 13.8 Å². The van der Waals surface area contributed by atoms with Crippen molar-refractivity contribution in [3.05, 3.63) is 77.7 Å². The second-order valence-electron chi connectivity index (χ2n) is 7.21. The van der Waals surface area contributed by atoms with Crippen LogP contribution in [-0.2, 0) is 6.54 Å². The van der Waals surface area contributed by atoms with Crippen LogP contribution in [-0.4, -0.2) is 23.7 Å². The SMILES string of the molecule is Cc1cccc(-c2[nH]c(CNc3ccccc3C)nc2-c2ccc3nsnc3c2)n1. The predicted molar refractivity (Wildman–Crippen MR) is 121 cm³/mol. The average molecular weight is 413 g/mol. The molecule has 0 amide bonds. The van der Waals surface area contributed by atoms with Gasteiger partial charge in [0.2, 0.25) is 0 Å². The fourth-order valence-electron chi connectivity index (χ4n) is 3.46. The Morgan fingerprint density at radius 3 is 2.63 bits per heavy atom. The highest BCUT2D eigenvalue weighted by atomic mass is 32.1. The molecule has 0 aliphatic carbocycles. The van der Waals surface area contributed by atoms with Gasteiger partial charge in [-0.25, -0.2) is 4.98 Å². The third kappa shape index (κ3) is 3.55. The summed E-state index contributed by atoms with van der Waals surface area (Å²) in [6.07, 6.45) is 0. The number of benzene rings is 2. The summed E-state index contributed by atoms with van der Waals surface area (Å²) in [6.45, 7) is 4.67. The Labute approximate surface area is 178 Å². The van der Waals surface area contributed by atoms with Crippen LogP contribution in [0.1, 0.15) is 17.1 Å². The topological polar surface area (TPSA) is 79.4 Å². The number of hydrogen-bond donors (Lipinski definition) is 2. The molecule has 5 rings (SSSR count). The Balaban J connectivity index is 1.56. The van der Waals surface area contributed by atoms with Gasteiger partial charge in [-0.1, -0.05) is 30.3 Å². The molecule has 148 valence electrons. The number of fused-ring (bicyclic) bond motifs is 1. The first-order valence-corrected chi connectivity index (χ1v) is 10.5. The van der Waals surface area contributed by atoms with Crippen LogP contribution in [0.3, 0.4) is 0 Å². The summed E-state index contributed by atoms with van der Waals surface area (Å²) >= 11 is 1.22. The summed E-state index contributed by atoms with van der Waals surface area (Å²) in [4.78, 5) is 13.1. The molecule has 6 nitrogen and oxygen atoms in total. The number of nitrogens with one attached hydrogen (secondary N) is 2. The molecule has 0 aliphatic rings. The van der Waals surface area contributed by atoms with E-state index >= 15 is 0 Å². The number of para-hydroxylation sites is 1. The van der Waals surface area contributed by atoms with Crippen LogP contribution in [0.25, 0.3) is 33.7 Å². The molecular formula is C23H20N6S. The fraction of sp³-hybridized carbons (Fsp3) is 0.130. The lowest BCUT2D eigenvalue weighted by molar-refractivity contribution is 0.998. The summed E-state index contributed by atoms with van der Waals surface area (Å²) in [7, 11) is 0. The van der Waals surface area contributed by atoms with Gasteiger partial charge in [-0.2, -0.15) is 8.75 Å². The summed E-state index contributed by atoms with van der Waals surface area (Å²) in [5, 5.41) is 3.47. The van der Waals surface area contributed by atoms with Crippen LogP contribution >= 0.6 is 11.7 Å². The second-order valence-corrected chi connectivity index (χ2v) is 7.74. The molecule has 3 aromatic heterocycles. The number of aromatic nitrogens is 5. The maximum absolute atomic E-state index is 4.92. The lowest BCUT2D eigenvalue weighted by atomic mass is 10.1. The molecule has 2 aromatic carbocycles. The molecule has 0 bridgehead atoms. The standard InChI is InChI=1S/C23H20N6S/c1-14-6-3-4-8-17(14)24-13-21-26-22(16-10-11-18-20(12-16)29-30-28-18)23(27-21)19-9-5-7-15(2)25-19/h3-12,24H,13H2,1-2H3,(H,26,27). The number of pyridine rings is 1. The molecule has 5 aromatic rings. The zero-order valence-electron chi connectivity index (χ0n) is 16.7. The zero-order valence-corrected chi connectivity index (χ0v) is 17.5. The number of nitrogens with zero attached hydrogens (tertiary/aromatic N) is 4. The number of rotatable bonds is 5. The minimum absolute atomic E-state index is 0.587. The van der Waals surface area contributed by atoms with Gasteiger partial charge in [0, 0.05) is 16.9 Å². The third-order valence-corrected chi connectivity index (χ3v) is 5.57. The predicted octanol–water partition coefficient (Wildman–Crippen LogP) is 5.37. The molecule has 3 heterocycles. The Morgan fingerprint density at radius 2 is 1.77 bits per heavy atom. The lowest BCUT2D eigenvalue weighted by Crippen LogP contribution is -2.02. The van der Waals surface area contributed by atoms with Crippen molar-refractivity contribution in [3.8, 4) is 22.6 Å². The molecule has 30 heavy (non-hydrogen) atoms. The monoisotopic (exact) mass is 412 g/mol. The van der Waals surface area contributed by atoms with Crippen molar-refractivity contribution < 1.29 is 0 Å². The van der Waals surface area contributed by atoms with Crippen molar-refractivity contribution in [1.29, 1.82) is 0 Å². The molecule has 2 N–H and O–H groups in total. The average Bonchev–Trinajstić information content (AvgIpc) is 3.39. The van der Waals surface area contributed by atoms with Gasteiger partial charge in [0.25, 0.3) is 0 Å². The Bertz CT molecular complexity index is 1340. The summed E-state index contributed by atoms with van der Waals surface area (Å²) < 4.78 is 8.68. The molecule has 0 atom stereocenters. The van der Waals surface area contributed by atoms with Gasteiger partial charge in [0.1, 0.15) is 16.9 Å². The Hall–Kier alpha value is -3.58. The minimum atomic E-state index is 0.587. The first-order valence-electron chi connectivity index (χ1n) is 9.72. The van der Waals surface area contributed by atoms with Crippen LogP contribution in [0.2, 0.25) is 0 Å². The van der Waals surface area contributed by atoms with Crippen molar-refractivity contribution in [3.63, 3.8) is 0 Å². The number of aryl methyl sites for hydroxylation is 2. The molecule has 0 spiro atoms. The molecular weight excluding hydrogens is 392 g/mol. The molecule has 0 radical (unpaired) electrons. The van der Waals surface area contributed by atoms with Crippen molar-refractivity contribution in [1.82, 2.24) is 23.7 Å². The van der Waals surface area contributed by atoms with Crippen molar-refractivity contribution in [2.24, 2.45) is 0 Å². The Kier molecular flexibility index (Phi) is 4.72. The van der Waals surface area contributed by atoms with E-state index < -0.39 is 0 Å². The largest absolute Gasteiger partial charge is 0.378 e. The van der Waals surface area contributed by atoms with E-state index in [0.29, 0.717) is 6.54 Å². The van der Waals surface area contributed by atoms with Crippen LogP contribution in [0.4, 0.5) is 5.69 Å². The first kappa shape index (κ1) is 18.4. The quantitative estimate of drug-likeness (QED) is 0.406. The van der Waals surface area contributed by atoms with Crippen LogP contribution in [0.5, 0.6) is 0 Å². The smallest absolute Gasteiger partial charge is 0.126 e. The van der Waals surface area contributed by atoms with E-state index in [-0.39, 0.29) is 0 Å². The van der Waals surface area contributed by atoms with E-state index in [1.54, 1.807) is 0 Å². The van der Waals surface area contributed by atoms with Crippen LogP contribution in [0.15, 0.2) is 60.7 Å². The normalized spacial score (nSPS) is 11.1. The van der Waals surface area contributed by atoms with Crippen molar-refractivity contribution >= 4 is 28.4 Å². The molecule has 7 heteroatoms. The molecule has 0 unspecified atom stereocenters. The molecule has 0 saturated carbocycles. The number of H-pyrrole nitrogens is 1. The summed E-state index contributed by atoms with van der Waals surface area (Å²) in [6, 6.07) is 20.3. The number of aromatic amines is 1. The van der Waals surface area contributed by atoms with E-state index in [9.17, 15) is 0 Å². The van der Waals surface area contributed by atoms with Gasteiger partial charge in [-0.05, 0) is 49.7 Å². The van der Waals surface area contributed by atoms with Crippen molar-refractivity contribution in [2.75, 3.05) is 5.32 Å². The Morgan fingerprint density at radius 1 is 0.900 bits per heavy atom. The van der Waals surface area contributed by atoms with Crippen molar-refractivity contribution in [2.45, 2.75) is 20.4 Å². The number of hydrogen-bond acceptors (Lipinski definition) is 6. The third-order valence-electron chi connectivity index (χ3n) is 5.02. The van der Waals surface area contributed by atoms with E-state index in [1.165, 1.54) is 17.3 Å². The van der Waals surface area contributed by atoms with Gasteiger partial charge in [-0.3, -0.25) is 4.98 Å². The van der Waals surface area contributed by atoms with Gasteiger partial charge < -0.3 is 10.3 Å². The van der Waals surface area contributed by atoms with E-state index in [2.05, 4.69) is 38.1 Å². The molecule has 0 aliphatic heterocycles. The van der Waals surface area contributed by atoms with Gasteiger partial charge in [0.05, 0.1) is 35.4 Å². The van der Waals surface area contributed by atoms with Gasteiger partial charge >= 0.3 is 0 Å². The van der Waals surface area contributed by atoms with E-state index in [4.69, 9.17) is 9.97 Å². The van der Waals surface area contributed by atoms with Gasteiger partial charge in [0.15, 0.2) is 0 Å². The number of anilines is 1. The van der Waals surface area contributed by atoms with Gasteiger partial charge in [-0.15, -0.1) is 0 Å². The van der Waals surface area contributed by atoms with E-state index in [1.807, 2.05) is 55.5 Å². The molecule has 0 fully saturated rings. The van der Waals surface area contributed by atoms with Crippen LogP contribution < -0.4 is 5.32 Å². The fourth-order valence-corrected chi connectivity index (χ4v) is 3.98. The summed E-state index contributed by atoms with van der Waals surface area (Å²) in [5.74, 6) is 0.850. The maximum Gasteiger partial charge on any atom is 0.126 e. The second kappa shape index (κ2) is 7.68.